The fourth-order valence-corrected chi connectivity index (χ4v) is 5.24. The van der Waals surface area contributed by atoms with Crippen molar-refractivity contribution in [1.82, 2.24) is 0 Å². The molecule has 0 aliphatic heterocycles. The molecule has 0 saturated carbocycles. The van der Waals surface area contributed by atoms with Crippen molar-refractivity contribution in [2.45, 2.75) is 20.3 Å². The first-order valence-corrected chi connectivity index (χ1v) is 15.1. The summed E-state index contributed by atoms with van der Waals surface area (Å²) >= 11 is 12.2. The molecule has 1 aliphatic rings. The molecule has 256 valence electrons. The van der Waals surface area contributed by atoms with Crippen LogP contribution in [0.25, 0.3) is 0 Å². The average molecular weight is 722 g/mol. The van der Waals surface area contributed by atoms with Crippen LogP contribution < -0.4 is 14.8 Å². The van der Waals surface area contributed by atoms with E-state index in [1.54, 1.807) is 42.5 Å². The van der Waals surface area contributed by atoms with Crippen molar-refractivity contribution in [3.05, 3.63) is 116 Å². The first-order chi connectivity index (χ1) is 23.7. The molecule has 0 atom stereocenters. The van der Waals surface area contributed by atoms with Crippen molar-refractivity contribution in [2.75, 3.05) is 11.9 Å². The van der Waals surface area contributed by atoms with E-state index in [1.807, 2.05) is 0 Å². The monoisotopic (exact) mass is 721 g/mol. The van der Waals surface area contributed by atoms with Gasteiger partial charge in [-0.15, -0.1) is 0 Å². The van der Waals surface area contributed by atoms with E-state index in [0.717, 1.165) is 26.0 Å². The fourth-order valence-electron chi connectivity index (χ4n) is 4.75. The minimum atomic E-state index is -1.36. The van der Waals surface area contributed by atoms with Crippen molar-refractivity contribution >= 4 is 76.0 Å². The number of esters is 3. The van der Waals surface area contributed by atoms with Crippen LogP contribution in [0.15, 0.2) is 72.8 Å². The van der Waals surface area contributed by atoms with Crippen LogP contribution in [0.5, 0.6) is 11.5 Å². The Kier molecular flexibility index (Phi) is 11.7. The molecular formula is C35H25Cl2NO12. The van der Waals surface area contributed by atoms with Gasteiger partial charge in [-0.25, -0.2) is 9.59 Å². The number of para-hydroxylation sites is 2. The number of aromatic carboxylic acids is 1. The van der Waals surface area contributed by atoms with Crippen LogP contribution in [0.4, 0.5) is 11.4 Å². The number of nitrogens with one attached hydrogen (secondary N) is 1. The first-order valence-electron chi connectivity index (χ1n) is 14.3. The smallest absolute Gasteiger partial charge is 0.341 e. The molecule has 0 unspecified atom stereocenters. The highest BCUT2D eigenvalue weighted by Gasteiger charge is 2.36. The Labute approximate surface area is 293 Å². The van der Waals surface area contributed by atoms with E-state index in [9.17, 15) is 38.7 Å². The molecule has 0 saturated heterocycles. The number of rotatable bonds is 9. The molecule has 15 heteroatoms. The number of anilines is 2. The lowest BCUT2D eigenvalue weighted by atomic mass is 9.82. The maximum absolute atomic E-state index is 13.1. The number of carbonyl (C=O) groups is 7. The van der Waals surface area contributed by atoms with Crippen LogP contribution in [0.2, 0.25) is 10.0 Å². The molecule has 4 aromatic carbocycles. The molecule has 5 rings (SSSR count). The number of carboxylic acid groups (broad SMARTS) is 2. The Morgan fingerprint density at radius 3 is 1.94 bits per heavy atom. The lowest BCUT2D eigenvalue weighted by molar-refractivity contribution is -0.154. The zero-order valence-corrected chi connectivity index (χ0v) is 27.6. The van der Waals surface area contributed by atoms with E-state index < -0.39 is 48.0 Å². The minimum absolute atomic E-state index is 0.0393. The van der Waals surface area contributed by atoms with Gasteiger partial charge >= 0.3 is 29.8 Å². The number of carboxylic acids is 2. The second-order valence-corrected chi connectivity index (χ2v) is 11.2. The summed E-state index contributed by atoms with van der Waals surface area (Å²) in [5, 5.41) is 21.7. The second kappa shape index (κ2) is 15.9. The summed E-state index contributed by atoms with van der Waals surface area (Å²) < 4.78 is 14.6. The topological polar surface area (TPSA) is 200 Å². The molecular weight excluding hydrogens is 697 g/mol. The largest absolute Gasteiger partial charge is 0.479 e. The average Bonchev–Trinajstić information content (AvgIpc) is 3.04. The first kappa shape index (κ1) is 36.8. The van der Waals surface area contributed by atoms with Gasteiger partial charge in [0.15, 0.2) is 12.4 Å². The van der Waals surface area contributed by atoms with Crippen molar-refractivity contribution in [1.29, 1.82) is 0 Å². The Morgan fingerprint density at radius 1 is 0.720 bits per heavy atom. The maximum Gasteiger partial charge on any atom is 0.341 e. The van der Waals surface area contributed by atoms with E-state index in [1.165, 1.54) is 18.2 Å². The van der Waals surface area contributed by atoms with Gasteiger partial charge in [-0.3, -0.25) is 24.0 Å². The lowest BCUT2D eigenvalue weighted by Crippen LogP contribution is -2.24. The van der Waals surface area contributed by atoms with Gasteiger partial charge in [-0.1, -0.05) is 59.6 Å². The normalized spacial score (nSPS) is 11.2. The number of halogens is 2. The number of benzene rings is 4. The Balaban J connectivity index is 0.000000228. The number of hydrogen-bond donors (Lipinski definition) is 3. The zero-order valence-electron chi connectivity index (χ0n) is 26.1. The van der Waals surface area contributed by atoms with Crippen molar-refractivity contribution in [2.24, 2.45) is 0 Å². The van der Waals surface area contributed by atoms with Crippen LogP contribution in [0.3, 0.4) is 0 Å². The van der Waals surface area contributed by atoms with Gasteiger partial charge in [0.2, 0.25) is 5.78 Å². The van der Waals surface area contributed by atoms with Crippen LogP contribution in [-0.4, -0.2) is 58.2 Å². The number of hydrogen-bond acceptors (Lipinski definition) is 11. The summed E-state index contributed by atoms with van der Waals surface area (Å²) in [5.74, 6) is -6.49. The number of fused-ring (bicyclic) bond motifs is 2. The number of ketones is 2. The van der Waals surface area contributed by atoms with Crippen LogP contribution in [0.1, 0.15) is 61.6 Å². The molecule has 4 aromatic rings. The fraction of sp³-hybridized carbons (Fsp3) is 0.114. The molecule has 1 aliphatic carbocycles. The molecule has 0 fully saturated rings. The third kappa shape index (κ3) is 8.69. The summed E-state index contributed by atoms with van der Waals surface area (Å²) in [5.41, 5.74) is 0.835. The van der Waals surface area contributed by atoms with Gasteiger partial charge in [-0.2, -0.15) is 0 Å². The highest BCUT2D eigenvalue weighted by molar-refractivity contribution is 6.39. The molecule has 0 bridgehead atoms. The van der Waals surface area contributed by atoms with Crippen LogP contribution in [-0.2, 0) is 30.3 Å². The molecule has 0 aromatic heterocycles. The minimum Gasteiger partial charge on any atom is -0.479 e. The summed E-state index contributed by atoms with van der Waals surface area (Å²) in [6.07, 6.45) is -0.0709. The Morgan fingerprint density at radius 2 is 1.32 bits per heavy atom. The van der Waals surface area contributed by atoms with Crippen molar-refractivity contribution in [3.63, 3.8) is 0 Å². The number of carbonyl (C=O) groups excluding carboxylic acids is 5. The van der Waals surface area contributed by atoms with Gasteiger partial charge < -0.3 is 29.7 Å². The van der Waals surface area contributed by atoms with Crippen LogP contribution in [0, 0.1) is 0 Å². The molecule has 13 nitrogen and oxygen atoms in total. The quantitative estimate of drug-likeness (QED) is 0.120. The van der Waals surface area contributed by atoms with Crippen LogP contribution >= 0.6 is 23.2 Å². The van der Waals surface area contributed by atoms with E-state index in [0.29, 0.717) is 27.0 Å². The van der Waals surface area contributed by atoms with E-state index in [-0.39, 0.29) is 45.7 Å². The third-order valence-corrected chi connectivity index (χ3v) is 7.39. The van der Waals surface area contributed by atoms with Gasteiger partial charge in [0.25, 0.3) is 0 Å². The van der Waals surface area contributed by atoms with Gasteiger partial charge in [0.1, 0.15) is 11.5 Å². The highest BCUT2D eigenvalue weighted by atomic mass is 35.5. The summed E-state index contributed by atoms with van der Waals surface area (Å²) in [6.45, 7) is 1.56. The molecule has 0 amide bonds. The molecule has 0 heterocycles. The number of aliphatic carboxylic acids is 1. The summed E-state index contributed by atoms with van der Waals surface area (Å²) in [7, 11) is 0. The summed E-state index contributed by atoms with van der Waals surface area (Å²) in [6, 6.07) is 18.4. The predicted molar refractivity (Wildman–Crippen MR) is 178 cm³/mol. The number of ether oxygens (including phenoxy) is 3. The van der Waals surface area contributed by atoms with Gasteiger partial charge in [0, 0.05) is 30.7 Å². The zero-order chi connectivity index (χ0) is 36.7. The molecule has 50 heavy (non-hydrogen) atoms. The Bertz CT molecular complexity index is 2050. The van der Waals surface area contributed by atoms with Crippen molar-refractivity contribution in [3.8, 4) is 11.5 Å². The Hall–Kier alpha value is -6.05. The molecule has 0 spiro atoms. The molecule has 0 radical (unpaired) electrons. The van der Waals surface area contributed by atoms with E-state index >= 15 is 0 Å². The van der Waals surface area contributed by atoms with E-state index in [4.69, 9.17) is 37.8 Å². The standard InChI is InChI=1S/C19H12O8.C16H13Cl2NO4/c1-8(20)26-13-5-3-4-11-15(13)18(23)16-12(17(11)22)6-10(19(24)25)7-14(16)27-9(2)21;17-11-5-3-6-12(18)16(11)19-13-7-2-1-4-10(13)8-15(22)23-9-14(20)21/h3-7H,1-2H3,(H,24,25);1-7,19H,8-9H2,(H,20,21). The third-order valence-electron chi connectivity index (χ3n) is 6.76. The van der Waals surface area contributed by atoms with Crippen molar-refractivity contribution < 1.29 is 58.0 Å². The predicted octanol–water partition coefficient (Wildman–Crippen LogP) is 5.92. The summed E-state index contributed by atoms with van der Waals surface area (Å²) in [4.78, 5) is 82.1. The van der Waals surface area contributed by atoms with E-state index in [2.05, 4.69) is 10.1 Å². The second-order valence-electron chi connectivity index (χ2n) is 10.3. The maximum atomic E-state index is 13.1. The SMILES string of the molecule is CC(=O)Oc1cccc2c1C(=O)c1c(OC(C)=O)cc(C(=O)O)cc1C2=O.O=C(O)COC(=O)Cc1ccccc1Nc1c(Cl)cccc1Cl. The molecule has 3 N–H and O–H groups in total. The van der Waals surface area contributed by atoms with Gasteiger partial charge in [0.05, 0.1) is 38.8 Å². The van der Waals surface area contributed by atoms with Gasteiger partial charge in [-0.05, 0) is 42.0 Å². The lowest BCUT2D eigenvalue weighted by Gasteiger charge is -2.21. The highest BCUT2D eigenvalue weighted by Crippen LogP contribution is 2.38.